The maximum Gasteiger partial charge on any atom is 0.331 e. The molecule has 1 aromatic heterocycles. The first-order chi connectivity index (χ1) is 16.6. The van der Waals surface area contributed by atoms with Gasteiger partial charge in [0.15, 0.2) is 11.2 Å². The largest absolute Gasteiger partial charge is 0.425 e. The van der Waals surface area contributed by atoms with Crippen LogP contribution in [-0.4, -0.2) is 15.9 Å². The maximum atomic E-state index is 13.0. The van der Waals surface area contributed by atoms with Crippen LogP contribution in [0.5, 0.6) is 5.75 Å². The molecule has 0 saturated heterocycles. The van der Waals surface area contributed by atoms with Crippen LogP contribution in [0.3, 0.4) is 0 Å². The number of nitrogens with zero attached hydrogens (tertiary/aromatic N) is 3. The Labute approximate surface area is 205 Å². The predicted octanol–water partition coefficient (Wildman–Crippen LogP) is 7.45. The lowest BCUT2D eigenvalue weighted by Crippen LogP contribution is -2.37. The van der Waals surface area contributed by atoms with Crippen molar-refractivity contribution in [3.05, 3.63) is 42.2 Å². The van der Waals surface area contributed by atoms with Crippen LogP contribution in [0.15, 0.2) is 36.7 Å². The molecule has 5 heteroatoms. The Hall–Kier alpha value is -2.74. The highest BCUT2D eigenvalue weighted by atomic mass is 16.5. The number of nitriles is 1. The van der Waals surface area contributed by atoms with E-state index in [9.17, 15) is 10.1 Å². The minimum atomic E-state index is -1.02. The fraction of sp³-hybridized carbons (Fsp3) is 0.586. The SMILES string of the molecule is CCCCCCCC1CCC(C#N)(C(=O)Oc2ccc(-c3ncc(CCCC)cn3)cc2)CC1. The van der Waals surface area contributed by atoms with Crippen molar-refractivity contribution in [2.75, 3.05) is 0 Å². The summed E-state index contributed by atoms with van der Waals surface area (Å²) in [6.07, 6.45) is 17.7. The van der Waals surface area contributed by atoms with E-state index < -0.39 is 11.4 Å². The molecule has 1 aromatic carbocycles. The van der Waals surface area contributed by atoms with Crippen LogP contribution in [0.2, 0.25) is 0 Å². The van der Waals surface area contributed by atoms with Gasteiger partial charge >= 0.3 is 5.97 Å². The van der Waals surface area contributed by atoms with Crippen molar-refractivity contribution in [3.63, 3.8) is 0 Å². The molecule has 1 aliphatic carbocycles. The number of benzene rings is 1. The van der Waals surface area contributed by atoms with Gasteiger partial charge in [0.05, 0.1) is 6.07 Å². The second-order valence-electron chi connectivity index (χ2n) is 9.77. The van der Waals surface area contributed by atoms with Crippen LogP contribution < -0.4 is 4.74 Å². The molecule has 0 N–H and O–H groups in total. The van der Waals surface area contributed by atoms with Crippen LogP contribution in [0.1, 0.15) is 96.5 Å². The predicted molar refractivity (Wildman–Crippen MR) is 135 cm³/mol. The van der Waals surface area contributed by atoms with Crippen molar-refractivity contribution in [2.45, 2.75) is 97.3 Å². The molecule has 0 unspecified atom stereocenters. The van der Waals surface area contributed by atoms with Gasteiger partial charge in [0.2, 0.25) is 0 Å². The van der Waals surface area contributed by atoms with Gasteiger partial charge in [-0.3, -0.25) is 0 Å². The highest BCUT2D eigenvalue weighted by Crippen LogP contribution is 2.41. The van der Waals surface area contributed by atoms with Crippen molar-refractivity contribution in [3.8, 4) is 23.2 Å². The second-order valence-corrected chi connectivity index (χ2v) is 9.77. The van der Waals surface area contributed by atoms with Gasteiger partial charge in [-0.1, -0.05) is 58.8 Å². The number of hydrogen-bond donors (Lipinski definition) is 0. The summed E-state index contributed by atoms with van der Waals surface area (Å²) in [6, 6.07) is 9.54. The molecule has 3 rings (SSSR count). The molecule has 0 radical (unpaired) electrons. The number of aromatic nitrogens is 2. The zero-order chi connectivity index (χ0) is 24.2. The van der Waals surface area contributed by atoms with E-state index in [2.05, 4.69) is 29.9 Å². The van der Waals surface area contributed by atoms with Gasteiger partial charge in [0.25, 0.3) is 0 Å². The van der Waals surface area contributed by atoms with Crippen molar-refractivity contribution in [1.29, 1.82) is 5.26 Å². The van der Waals surface area contributed by atoms with E-state index in [1.54, 1.807) is 12.1 Å². The van der Waals surface area contributed by atoms with Gasteiger partial charge in [-0.25, -0.2) is 14.8 Å². The molecule has 0 atom stereocenters. The van der Waals surface area contributed by atoms with E-state index in [0.29, 0.717) is 30.3 Å². The van der Waals surface area contributed by atoms with E-state index in [1.807, 2.05) is 24.5 Å². The fourth-order valence-corrected chi connectivity index (χ4v) is 4.75. The lowest BCUT2D eigenvalue weighted by molar-refractivity contribution is -0.144. The molecule has 1 heterocycles. The number of esters is 1. The number of carbonyl (C=O) groups excluding carboxylic acids is 1. The first-order valence-electron chi connectivity index (χ1n) is 13.1. The van der Waals surface area contributed by atoms with Gasteiger partial charge in [0.1, 0.15) is 5.75 Å². The molecular formula is C29H39N3O2. The van der Waals surface area contributed by atoms with Crippen LogP contribution in [0.25, 0.3) is 11.4 Å². The third-order valence-electron chi connectivity index (χ3n) is 7.13. The molecule has 0 spiro atoms. The summed E-state index contributed by atoms with van der Waals surface area (Å²) in [5.74, 6) is 1.32. The van der Waals surface area contributed by atoms with Crippen molar-refractivity contribution in [1.82, 2.24) is 9.97 Å². The Kier molecular flexibility index (Phi) is 10.1. The average molecular weight is 462 g/mol. The number of carbonyl (C=O) groups is 1. The van der Waals surface area contributed by atoms with Gasteiger partial charge in [-0.15, -0.1) is 0 Å². The molecule has 182 valence electrons. The van der Waals surface area contributed by atoms with Crippen molar-refractivity contribution >= 4 is 5.97 Å². The first kappa shape index (κ1) is 25.9. The number of aryl methyl sites for hydroxylation is 1. The first-order valence-corrected chi connectivity index (χ1v) is 13.1. The number of unbranched alkanes of at least 4 members (excludes halogenated alkanes) is 5. The summed E-state index contributed by atoms with van der Waals surface area (Å²) in [7, 11) is 0. The Morgan fingerprint density at radius 2 is 1.65 bits per heavy atom. The molecule has 34 heavy (non-hydrogen) atoms. The monoisotopic (exact) mass is 461 g/mol. The summed E-state index contributed by atoms with van der Waals surface area (Å²) >= 11 is 0. The number of ether oxygens (including phenoxy) is 1. The van der Waals surface area contributed by atoms with Crippen LogP contribution in [-0.2, 0) is 11.2 Å². The topological polar surface area (TPSA) is 75.9 Å². The summed E-state index contributed by atoms with van der Waals surface area (Å²) in [4.78, 5) is 21.9. The number of hydrogen-bond acceptors (Lipinski definition) is 5. The van der Waals surface area contributed by atoms with E-state index in [0.717, 1.165) is 43.2 Å². The lowest BCUT2D eigenvalue weighted by Gasteiger charge is -2.33. The summed E-state index contributed by atoms with van der Waals surface area (Å²) < 4.78 is 5.66. The lowest BCUT2D eigenvalue weighted by atomic mass is 9.70. The standard InChI is InChI=1S/C29H39N3O2/c1-3-5-7-8-9-11-23-16-18-29(22-30,19-17-23)28(33)34-26-14-12-25(13-15-26)27-31-20-24(21-32-27)10-6-4-2/h12-15,20-21,23H,3-11,16-19H2,1-2H3. The summed E-state index contributed by atoms with van der Waals surface area (Å²) in [5.41, 5.74) is 0.995. The van der Waals surface area contributed by atoms with E-state index in [4.69, 9.17) is 4.74 Å². The zero-order valence-electron chi connectivity index (χ0n) is 20.9. The van der Waals surface area contributed by atoms with E-state index in [-0.39, 0.29) is 0 Å². The molecular weight excluding hydrogens is 422 g/mol. The van der Waals surface area contributed by atoms with Crippen molar-refractivity contribution in [2.24, 2.45) is 11.3 Å². The Balaban J connectivity index is 1.52. The third-order valence-corrected chi connectivity index (χ3v) is 7.13. The fourth-order valence-electron chi connectivity index (χ4n) is 4.75. The quantitative estimate of drug-likeness (QED) is 0.186. The highest BCUT2D eigenvalue weighted by Gasteiger charge is 2.43. The van der Waals surface area contributed by atoms with E-state index in [1.165, 1.54) is 38.5 Å². The Morgan fingerprint density at radius 3 is 2.26 bits per heavy atom. The van der Waals surface area contributed by atoms with Gasteiger partial charge < -0.3 is 4.74 Å². The smallest absolute Gasteiger partial charge is 0.331 e. The Bertz CT molecular complexity index is 923. The summed E-state index contributed by atoms with van der Waals surface area (Å²) in [5, 5.41) is 9.85. The minimum absolute atomic E-state index is 0.416. The van der Waals surface area contributed by atoms with Gasteiger partial charge in [0, 0.05) is 18.0 Å². The van der Waals surface area contributed by atoms with E-state index >= 15 is 0 Å². The second kappa shape index (κ2) is 13.2. The molecule has 0 aliphatic heterocycles. The molecule has 1 saturated carbocycles. The van der Waals surface area contributed by atoms with Gasteiger partial charge in [-0.05, 0) is 74.3 Å². The molecule has 2 aromatic rings. The Morgan fingerprint density at radius 1 is 1.00 bits per heavy atom. The van der Waals surface area contributed by atoms with Crippen LogP contribution >= 0.6 is 0 Å². The third kappa shape index (κ3) is 7.13. The van der Waals surface area contributed by atoms with Crippen LogP contribution in [0, 0.1) is 22.7 Å². The molecule has 0 bridgehead atoms. The molecule has 5 nitrogen and oxygen atoms in total. The number of rotatable bonds is 12. The molecule has 0 amide bonds. The zero-order valence-corrected chi connectivity index (χ0v) is 20.9. The normalized spacial score (nSPS) is 20.0. The van der Waals surface area contributed by atoms with Crippen molar-refractivity contribution < 1.29 is 9.53 Å². The van der Waals surface area contributed by atoms with Crippen LogP contribution in [0.4, 0.5) is 0 Å². The minimum Gasteiger partial charge on any atom is -0.425 e. The molecule has 1 fully saturated rings. The average Bonchev–Trinajstić information content (AvgIpc) is 2.88. The summed E-state index contributed by atoms with van der Waals surface area (Å²) in [6.45, 7) is 4.40. The maximum absolute atomic E-state index is 13.0. The highest BCUT2D eigenvalue weighted by molar-refractivity contribution is 5.82. The van der Waals surface area contributed by atoms with Gasteiger partial charge in [-0.2, -0.15) is 5.26 Å². The molecule has 1 aliphatic rings.